The first-order chi connectivity index (χ1) is 13.9. The van der Waals surface area contributed by atoms with Crippen molar-refractivity contribution < 1.29 is 33.3 Å². The zero-order valence-electron chi connectivity index (χ0n) is 18.8. The fourth-order valence-electron chi connectivity index (χ4n) is 1.55. The average Bonchev–Trinajstić information content (AvgIpc) is 2.69. The van der Waals surface area contributed by atoms with Crippen LogP contribution in [0.3, 0.4) is 0 Å². The van der Waals surface area contributed by atoms with Gasteiger partial charge in [-0.25, -0.2) is 9.59 Å². The summed E-state index contributed by atoms with van der Waals surface area (Å²) in [6.07, 6.45) is 4.38. The van der Waals surface area contributed by atoms with E-state index in [0.29, 0.717) is 44.2 Å². The third-order valence-electron chi connectivity index (χ3n) is 3.28. The van der Waals surface area contributed by atoms with Crippen LogP contribution in [0.2, 0.25) is 0 Å². The Morgan fingerprint density at radius 1 is 0.586 bits per heavy atom. The summed E-state index contributed by atoms with van der Waals surface area (Å²) >= 11 is 0. The lowest BCUT2D eigenvalue weighted by molar-refractivity contribution is -0.141. The number of hydrogen-bond donors (Lipinski definition) is 0. The van der Waals surface area contributed by atoms with E-state index in [1.165, 1.54) is 0 Å². The highest BCUT2D eigenvalue weighted by Crippen LogP contribution is 1.93. The molecule has 0 saturated carbocycles. The Morgan fingerprint density at radius 3 is 1.21 bits per heavy atom. The molecule has 0 aliphatic rings. The molecule has 0 aliphatic heterocycles. The van der Waals surface area contributed by atoms with Crippen LogP contribution in [0.5, 0.6) is 0 Å². The topological polar surface area (TPSA) is 80.3 Å². The molecule has 0 fully saturated rings. The molecule has 29 heavy (non-hydrogen) atoms. The second-order valence-corrected chi connectivity index (χ2v) is 6.38. The average molecular weight is 417 g/mol. The Hall–Kier alpha value is -1.70. The molecule has 0 radical (unpaired) electrons. The quantitative estimate of drug-likeness (QED) is 0.202. The Morgan fingerprint density at radius 2 is 0.897 bits per heavy atom. The second-order valence-electron chi connectivity index (χ2n) is 6.38. The Bertz CT molecular complexity index is 446. The van der Waals surface area contributed by atoms with Gasteiger partial charge < -0.3 is 23.7 Å². The molecule has 0 saturated heterocycles. The minimum Gasteiger partial charge on any atom is -0.460 e. The third-order valence-corrected chi connectivity index (χ3v) is 3.28. The van der Waals surface area contributed by atoms with Gasteiger partial charge in [-0.15, -0.1) is 0 Å². The lowest BCUT2D eigenvalue weighted by Gasteiger charge is -2.06. The molecule has 0 aromatic carbocycles. The largest absolute Gasteiger partial charge is 0.460 e. The molecule has 7 nitrogen and oxygen atoms in total. The van der Waals surface area contributed by atoms with E-state index in [4.69, 9.17) is 23.7 Å². The molecule has 170 valence electrons. The minimum atomic E-state index is -0.372. The summed E-state index contributed by atoms with van der Waals surface area (Å²) in [5.41, 5.74) is 0.830. The molecular weight excluding hydrogens is 376 g/mol. The van der Waals surface area contributed by atoms with Gasteiger partial charge in [-0.3, -0.25) is 0 Å². The smallest absolute Gasteiger partial charge is 0.333 e. The van der Waals surface area contributed by atoms with Crippen molar-refractivity contribution >= 4 is 11.9 Å². The summed E-state index contributed by atoms with van der Waals surface area (Å²) in [7, 11) is 0. The number of carbonyl (C=O) groups is 2. The molecule has 0 atom stereocenters. The van der Waals surface area contributed by atoms with Crippen LogP contribution >= 0.6 is 0 Å². The first-order valence-corrected chi connectivity index (χ1v) is 10.2. The van der Waals surface area contributed by atoms with E-state index in [2.05, 4.69) is 27.0 Å². The van der Waals surface area contributed by atoms with E-state index < -0.39 is 0 Å². The summed E-state index contributed by atoms with van der Waals surface area (Å²) in [5.74, 6) is -0.720. The zero-order valence-corrected chi connectivity index (χ0v) is 18.8. The van der Waals surface area contributed by atoms with Crippen molar-refractivity contribution in [2.24, 2.45) is 0 Å². The molecule has 0 aromatic rings. The lowest BCUT2D eigenvalue weighted by atomic mass is 10.4. The molecule has 0 N–H and O–H groups in total. The molecular formula is C22H40O7. The molecule has 7 heteroatoms. The van der Waals surface area contributed by atoms with E-state index in [1.807, 2.05) is 0 Å². The van der Waals surface area contributed by atoms with Gasteiger partial charge in [0.05, 0.1) is 26.4 Å². The molecule has 0 spiro atoms. The number of unbranched alkanes of at least 4 members (excludes halogenated alkanes) is 2. The normalized spacial score (nSPS) is 9.93. The molecule has 0 aromatic heterocycles. The van der Waals surface area contributed by atoms with Gasteiger partial charge in [0.2, 0.25) is 0 Å². The van der Waals surface area contributed by atoms with Gasteiger partial charge >= 0.3 is 11.9 Å². The Balaban J connectivity index is 0. The van der Waals surface area contributed by atoms with Crippen molar-refractivity contribution in [2.75, 3.05) is 52.9 Å². The standard InChI is InChI=1S/C12H22O4.C10H18O3/c1-4-5-6-14-7-8-15-9-10-16-12(13)11(2)3;1-4-5-6-12-7-8-13-10(11)9(2)3/h2,4-10H2,1,3H3;2,4-8H2,1,3H3. The first-order valence-electron chi connectivity index (χ1n) is 10.2. The van der Waals surface area contributed by atoms with Gasteiger partial charge in [-0.05, 0) is 26.7 Å². The maximum absolute atomic E-state index is 10.9. The van der Waals surface area contributed by atoms with Crippen LogP contribution in [0.15, 0.2) is 24.3 Å². The molecule has 0 bridgehead atoms. The molecule has 0 heterocycles. The molecule has 0 aliphatic carbocycles. The predicted octanol–water partition coefficient (Wildman–Crippen LogP) is 3.86. The van der Waals surface area contributed by atoms with E-state index in [-0.39, 0.29) is 18.5 Å². The second kappa shape index (κ2) is 22.6. The van der Waals surface area contributed by atoms with Crippen LogP contribution in [-0.4, -0.2) is 64.8 Å². The van der Waals surface area contributed by atoms with Crippen LogP contribution in [0.25, 0.3) is 0 Å². The summed E-state index contributed by atoms with van der Waals surface area (Å²) in [6, 6.07) is 0. The van der Waals surface area contributed by atoms with Crippen LogP contribution in [0.1, 0.15) is 53.4 Å². The molecule has 0 unspecified atom stereocenters. The Kier molecular flexibility index (Phi) is 23.0. The number of ether oxygens (including phenoxy) is 5. The minimum absolute atomic E-state index is 0.265. The van der Waals surface area contributed by atoms with E-state index in [1.54, 1.807) is 13.8 Å². The molecule has 0 rings (SSSR count). The van der Waals surface area contributed by atoms with Gasteiger partial charge in [0.25, 0.3) is 0 Å². The van der Waals surface area contributed by atoms with E-state index in [0.717, 1.165) is 38.9 Å². The maximum atomic E-state index is 10.9. The van der Waals surface area contributed by atoms with Crippen molar-refractivity contribution in [1.82, 2.24) is 0 Å². The van der Waals surface area contributed by atoms with Crippen molar-refractivity contribution in [3.8, 4) is 0 Å². The summed E-state index contributed by atoms with van der Waals surface area (Å²) < 4.78 is 25.4. The fourth-order valence-corrected chi connectivity index (χ4v) is 1.55. The zero-order chi connectivity index (χ0) is 22.3. The first kappa shape index (κ1) is 29.5. The summed E-state index contributed by atoms with van der Waals surface area (Å²) in [5, 5.41) is 0. The van der Waals surface area contributed by atoms with E-state index >= 15 is 0 Å². The van der Waals surface area contributed by atoms with Gasteiger partial charge in [-0.1, -0.05) is 39.8 Å². The number of rotatable bonds is 17. The van der Waals surface area contributed by atoms with Crippen LogP contribution in [-0.2, 0) is 33.3 Å². The maximum Gasteiger partial charge on any atom is 0.333 e. The fraction of sp³-hybridized carbons (Fsp3) is 0.727. The SMILES string of the molecule is C=C(C)C(=O)OCCOCCCC.C=C(C)C(=O)OCCOCCOCCCC. The van der Waals surface area contributed by atoms with Crippen LogP contribution < -0.4 is 0 Å². The van der Waals surface area contributed by atoms with Crippen molar-refractivity contribution in [3.05, 3.63) is 24.3 Å². The number of hydrogen-bond acceptors (Lipinski definition) is 7. The Labute approximate surface area is 176 Å². The van der Waals surface area contributed by atoms with Gasteiger partial charge in [0.15, 0.2) is 0 Å². The summed E-state index contributed by atoms with van der Waals surface area (Å²) in [6.45, 7) is 18.5. The van der Waals surface area contributed by atoms with Crippen molar-refractivity contribution in [1.29, 1.82) is 0 Å². The van der Waals surface area contributed by atoms with Gasteiger partial charge in [0.1, 0.15) is 13.2 Å². The van der Waals surface area contributed by atoms with Crippen LogP contribution in [0.4, 0.5) is 0 Å². The highest BCUT2D eigenvalue weighted by Gasteiger charge is 2.02. The lowest BCUT2D eigenvalue weighted by Crippen LogP contribution is -2.13. The van der Waals surface area contributed by atoms with Crippen molar-refractivity contribution in [2.45, 2.75) is 53.4 Å². The predicted molar refractivity (Wildman–Crippen MR) is 114 cm³/mol. The van der Waals surface area contributed by atoms with Gasteiger partial charge in [0, 0.05) is 24.4 Å². The number of esters is 2. The highest BCUT2D eigenvalue weighted by atomic mass is 16.6. The number of carbonyl (C=O) groups excluding carboxylic acids is 2. The van der Waals surface area contributed by atoms with Gasteiger partial charge in [-0.2, -0.15) is 0 Å². The van der Waals surface area contributed by atoms with E-state index in [9.17, 15) is 9.59 Å². The summed E-state index contributed by atoms with van der Waals surface area (Å²) in [4.78, 5) is 21.8. The molecule has 0 amide bonds. The van der Waals surface area contributed by atoms with Crippen molar-refractivity contribution in [3.63, 3.8) is 0 Å². The monoisotopic (exact) mass is 416 g/mol. The third kappa shape index (κ3) is 24.3. The van der Waals surface area contributed by atoms with Crippen LogP contribution in [0, 0.1) is 0 Å². The highest BCUT2D eigenvalue weighted by molar-refractivity contribution is 5.87.